The van der Waals surface area contributed by atoms with Gasteiger partial charge in [-0.2, -0.15) is 0 Å². The first-order valence-electron chi connectivity index (χ1n) is 5.76. The van der Waals surface area contributed by atoms with Crippen molar-refractivity contribution >= 4 is 15.5 Å². The van der Waals surface area contributed by atoms with Crippen LogP contribution in [0.4, 0.5) is 5.69 Å². The fourth-order valence-corrected chi connectivity index (χ4v) is 3.83. The lowest BCUT2D eigenvalue weighted by Gasteiger charge is -2.37. The smallest absolute Gasteiger partial charge is 0.154 e. The molecule has 0 saturated carbocycles. The lowest BCUT2D eigenvalue weighted by molar-refractivity contribution is 0.558. The summed E-state index contributed by atoms with van der Waals surface area (Å²) >= 11 is 0. The first-order chi connectivity index (χ1) is 8.03. The molecule has 1 aromatic rings. The second kappa shape index (κ2) is 4.66. The Bertz CT molecular complexity index is 499. The maximum atomic E-state index is 11.6. The highest BCUT2D eigenvalue weighted by molar-refractivity contribution is 7.91. The van der Waals surface area contributed by atoms with Gasteiger partial charge in [-0.05, 0) is 18.6 Å². The number of aryl methyl sites for hydroxylation is 1. The van der Waals surface area contributed by atoms with Crippen molar-refractivity contribution in [1.29, 1.82) is 0 Å². The molecule has 0 aromatic heterocycles. The third-order valence-electron chi connectivity index (χ3n) is 3.23. The predicted molar refractivity (Wildman–Crippen MR) is 70.0 cm³/mol. The fourth-order valence-electron chi connectivity index (χ4n) is 2.28. The predicted octanol–water partition coefficient (Wildman–Crippen LogP) is 0.557. The zero-order chi connectivity index (χ0) is 12.5. The molecule has 0 aliphatic carbocycles. The molecule has 1 aromatic carbocycles. The van der Waals surface area contributed by atoms with Crippen molar-refractivity contribution < 1.29 is 8.42 Å². The molecule has 94 valence electrons. The molecule has 1 heterocycles. The van der Waals surface area contributed by atoms with Gasteiger partial charge in [-0.25, -0.2) is 8.42 Å². The summed E-state index contributed by atoms with van der Waals surface area (Å²) in [6, 6.07) is 7.91. The van der Waals surface area contributed by atoms with Crippen LogP contribution in [0.2, 0.25) is 0 Å². The number of benzene rings is 1. The summed E-state index contributed by atoms with van der Waals surface area (Å²) in [5.74, 6) is 0.385. The summed E-state index contributed by atoms with van der Waals surface area (Å²) < 4.78 is 23.2. The van der Waals surface area contributed by atoms with Gasteiger partial charge in [0.1, 0.15) is 0 Å². The van der Waals surface area contributed by atoms with Crippen LogP contribution in [0.25, 0.3) is 0 Å². The van der Waals surface area contributed by atoms with Gasteiger partial charge < -0.3 is 10.6 Å². The van der Waals surface area contributed by atoms with E-state index in [1.54, 1.807) is 0 Å². The molecule has 1 aliphatic heterocycles. The minimum atomic E-state index is -2.92. The van der Waals surface area contributed by atoms with E-state index in [0.717, 1.165) is 11.3 Å². The molecular weight excluding hydrogens is 236 g/mol. The van der Waals surface area contributed by atoms with Gasteiger partial charge in [0.05, 0.1) is 17.5 Å². The standard InChI is InChI=1S/C12H18N2O2S/c1-10-4-2-3-5-12(10)14-6-7-17(15,16)9-11(14)8-13/h2-5,11H,6-9,13H2,1H3. The monoisotopic (exact) mass is 254 g/mol. The Balaban J connectivity index is 2.30. The van der Waals surface area contributed by atoms with Crippen LogP contribution in [-0.4, -0.2) is 39.1 Å². The minimum absolute atomic E-state index is 0.102. The molecule has 4 nitrogen and oxygen atoms in total. The molecule has 17 heavy (non-hydrogen) atoms. The van der Waals surface area contributed by atoms with Crippen molar-refractivity contribution in [2.45, 2.75) is 13.0 Å². The van der Waals surface area contributed by atoms with E-state index in [4.69, 9.17) is 5.73 Å². The van der Waals surface area contributed by atoms with Crippen LogP contribution in [-0.2, 0) is 9.84 Å². The average molecular weight is 254 g/mol. The molecule has 1 atom stereocenters. The molecule has 1 saturated heterocycles. The minimum Gasteiger partial charge on any atom is -0.365 e. The van der Waals surface area contributed by atoms with E-state index in [-0.39, 0.29) is 17.5 Å². The highest BCUT2D eigenvalue weighted by Crippen LogP contribution is 2.24. The number of anilines is 1. The van der Waals surface area contributed by atoms with Crippen LogP contribution in [0.15, 0.2) is 24.3 Å². The van der Waals surface area contributed by atoms with Crippen molar-refractivity contribution in [2.75, 3.05) is 29.5 Å². The maximum Gasteiger partial charge on any atom is 0.154 e. The fraction of sp³-hybridized carbons (Fsp3) is 0.500. The molecule has 0 radical (unpaired) electrons. The number of hydrogen-bond acceptors (Lipinski definition) is 4. The summed E-state index contributed by atoms with van der Waals surface area (Å²) in [6.07, 6.45) is 0. The van der Waals surface area contributed by atoms with Gasteiger partial charge in [0.15, 0.2) is 9.84 Å². The molecule has 2 N–H and O–H groups in total. The Hall–Kier alpha value is -1.07. The van der Waals surface area contributed by atoms with Gasteiger partial charge in [0.2, 0.25) is 0 Å². The van der Waals surface area contributed by atoms with E-state index in [9.17, 15) is 8.42 Å². The Labute approximate surface area is 102 Å². The van der Waals surface area contributed by atoms with Crippen molar-refractivity contribution in [2.24, 2.45) is 5.73 Å². The zero-order valence-electron chi connectivity index (χ0n) is 9.96. The van der Waals surface area contributed by atoms with Gasteiger partial charge in [-0.3, -0.25) is 0 Å². The molecule has 0 bridgehead atoms. The van der Waals surface area contributed by atoms with Crippen LogP contribution in [0, 0.1) is 6.92 Å². The van der Waals surface area contributed by atoms with Gasteiger partial charge in [0, 0.05) is 18.8 Å². The Morgan fingerprint density at radius 1 is 1.41 bits per heavy atom. The molecule has 5 heteroatoms. The van der Waals surface area contributed by atoms with Gasteiger partial charge >= 0.3 is 0 Å². The quantitative estimate of drug-likeness (QED) is 0.837. The number of nitrogens with two attached hydrogens (primary N) is 1. The lowest BCUT2D eigenvalue weighted by atomic mass is 10.1. The van der Waals surface area contributed by atoms with Gasteiger partial charge in [0.25, 0.3) is 0 Å². The largest absolute Gasteiger partial charge is 0.365 e. The van der Waals surface area contributed by atoms with Crippen molar-refractivity contribution in [3.05, 3.63) is 29.8 Å². The normalized spacial score (nSPS) is 23.6. The topological polar surface area (TPSA) is 63.4 Å². The summed E-state index contributed by atoms with van der Waals surface area (Å²) in [5, 5.41) is 0. The molecule has 1 fully saturated rings. The van der Waals surface area contributed by atoms with E-state index in [1.807, 2.05) is 31.2 Å². The number of hydrogen-bond donors (Lipinski definition) is 1. The zero-order valence-corrected chi connectivity index (χ0v) is 10.8. The third kappa shape index (κ3) is 2.61. The molecule has 0 spiro atoms. The Morgan fingerprint density at radius 2 is 2.12 bits per heavy atom. The van der Waals surface area contributed by atoms with Crippen molar-refractivity contribution in [1.82, 2.24) is 0 Å². The number of sulfone groups is 1. The van der Waals surface area contributed by atoms with Crippen LogP contribution in [0.1, 0.15) is 5.56 Å². The van der Waals surface area contributed by atoms with E-state index in [2.05, 4.69) is 4.90 Å². The van der Waals surface area contributed by atoms with Crippen LogP contribution in [0.5, 0.6) is 0 Å². The summed E-state index contributed by atoms with van der Waals surface area (Å²) in [5.41, 5.74) is 7.95. The van der Waals surface area contributed by atoms with Crippen molar-refractivity contribution in [3.8, 4) is 0 Å². The first kappa shape index (κ1) is 12.4. The lowest BCUT2D eigenvalue weighted by Crippen LogP contribution is -2.52. The maximum absolute atomic E-state index is 11.6. The number of para-hydroxylation sites is 1. The Morgan fingerprint density at radius 3 is 2.76 bits per heavy atom. The van der Waals surface area contributed by atoms with Gasteiger partial charge in [-0.15, -0.1) is 0 Å². The van der Waals surface area contributed by atoms with E-state index < -0.39 is 9.84 Å². The molecule has 2 rings (SSSR count). The molecular formula is C12H18N2O2S. The molecule has 0 amide bonds. The second-order valence-electron chi connectivity index (χ2n) is 4.48. The molecule has 1 unspecified atom stereocenters. The summed E-state index contributed by atoms with van der Waals surface area (Å²) in [7, 11) is -2.92. The molecule has 1 aliphatic rings. The highest BCUT2D eigenvalue weighted by Gasteiger charge is 2.30. The Kier molecular flexibility index (Phi) is 3.40. The third-order valence-corrected chi connectivity index (χ3v) is 4.92. The SMILES string of the molecule is Cc1ccccc1N1CCS(=O)(=O)CC1CN. The second-order valence-corrected chi connectivity index (χ2v) is 6.71. The summed E-state index contributed by atoms with van der Waals surface area (Å²) in [4.78, 5) is 2.12. The van der Waals surface area contributed by atoms with Crippen LogP contribution in [0.3, 0.4) is 0 Å². The average Bonchev–Trinajstić information content (AvgIpc) is 2.29. The van der Waals surface area contributed by atoms with Crippen LogP contribution < -0.4 is 10.6 Å². The van der Waals surface area contributed by atoms with E-state index in [0.29, 0.717) is 13.1 Å². The van der Waals surface area contributed by atoms with Gasteiger partial charge in [-0.1, -0.05) is 18.2 Å². The number of nitrogens with zero attached hydrogens (tertiary/aromatic N) is 1. The highest BCUT2D eigenvalue weighted by atomic mass is 32.2. The summed E-state index contributed by atoms with van der Waals surface area (Å²) in [6.45, 7) is 2.94. The van der Waals surface area contributed by atoms with Crippen LogP contribution >= 0.6 is 0 Å². The number of rotatable bonds is 2. The first-order valence-corrected chi connectivity index (χ1v) is 7.58. The van der Waals surface area contributed by atoms with Crippen molar-refractivity contribution in [3.63, 3.8) is 0 Å². The van der Waals surface area contributed by atoms with E-state index in [1.165, 1.54) is 0 Å². The van der Waals surface area contributed by atoms with E-state index >= 15 is 0 Å².